The Hall–Kier alpha value is -2.64. The second-order valence-corrected chi connectivity index (χ2v) is 8.26. The Bertz CT molecular complexity index is 985. The van der Waals surface area contributed by atoms with Crippen molar-refractivity contribution >= 4 is 39.2 Å². The molecule has 0 saturated carbocycles. The van der Waals surface area contributed by atoms with Crippen LogP contribution < -0.4 is 4.31 Å². The number of carbonyl (C=O) groups is 2. The number of benzene rings is 2. The fourth-order valence-corrected chi connectivity index (χ4v) is 3.97. The smallest absolute Gasteiger partial charge is 0.306 e. The third-order valence-corrected chi connectivity index (χ3v) is 6.13. The largest absolute Gasteiger partial charge is 0.461 e. The molecule has 0 radical (unpaired) electrons. The number of nitrogens with zero attached hydrogens (tertiary/aromatic N) is 1. The minimum Gasteiger partial charge on any atom is -0.461 e. The number of ether oxygens (including phenoxy) is 1. The number of halogens is 1. The molecule has 27 heavy (non-hydrogen) atoms. The van der Waals surface area contributed by atoms with Gasteiger partial charge in [0.15, 0.2) is 4.36 Å². The van der Waals surface area contributed by atoms with Gasteiger partial charge in [0, 0.05) is 12.5 Å². The summed E-state index contributed by atoms with van der Waals surface area (Å²) in [4.78, 5) is 23.7. The van der Waals surface area contributed by atoms with Crippen LogP contribution >= 0.6 is 11.6 Å². The SMILES string of the molecule is O=C(CCc1ccc(N2C(=O)C=C(Cl)S2(=O)=O)cc1)OCc1ccccc1. The molecule has 0 N–H and O–H groups in total. The number of anilines is 1. The highest BCUT2D eigenvalue weighted by atomic mass is 35.5. The van der Waals surface area contributed by atoms with Crippen LogP contribution in [0.2, 0.25) is 0 Å². The molecule has 0 unspecified atom stereocenters. The van der Waals surface area contributed by atoms with Crippen LogP contribution in [0.5, 0.6) is 0 Å². The fourth-order valence-electron chi connectivity index (χ4n) is 2.56. The average molecular weight is 406 g/mol. The van der Waals surface area contributed by atoms with Crippen LogP contribution in [0.1, 0.15) is 17.5 Å². The van der Waals surface area contributed by atoms with Crippen LogP contribution in [0.3, 0.4) is 0 Å². The van der Waals surface area contributed by atoms with E-state index in [1.165, 1.54) is 12.1 Å². The molecule has 140 valence electrons. The maximum absolute atomic E-state index is 12.0. The lowest BCUT2D eigenvalue weighted by Gasteiger charge is -2.15. The van der Waals surface area contributed by atoms with Crippen LogP contribution in [0.25, 0.3) is 0 Å². The molecule has 1 aliphatic rings. The van der Waals surface area contributed by atoms with Crippen LogP contribution in [0, 0.1) is 0 Å². The topological polar surface area (TPSA) is 80.8 Å². The maximum atomic E-state index is 12.0. The Morgan fingerprint density at radius 2 is 1.67 bits per heavy atom. The fraction of sp³-hybridized carbons (Fsp3) is 0.158. The highest BCUT2D eigenvalue weighted by Gasteiger charge is 2.37. The maximum Gasteiger partial charge on any atom is 0.306 e. The monoisotopic (exact) mass is 405 g/mol. The highest BCUT2D eigenvalue weighted by Crippen LogP contribution is 2.30. The number of hydrogen-bond donors (Lipinski definition) is 0. The molecule has 3 rings (SSSR count). The first-order valence-corrected chi connectivity index (χ1v) is 9.95. The van der Waals surface area contributed by atoms with Crippen molar-refractivity contribution in [3.8, 4) is 0 Å². The molecule has 8 heteroatoms. The van der Waals surface area contributed by atoms with Crippen molar-refractivity contribution in [3.05, 3.63) is 76.2 Å². The van der Waals surface area contributed by atoms with E-state index >= 15 is 0 Å². The molecule has 6 nitrogen and oxygen atoms in total. The van der Waals surface area contributed by atoms with Gasteiger partial charge in [0.1, 0.15) is 6.61 Å². The summed E-state index contributed by atoms with van der Waals surface area (Å²) < 4.78 is 29.4. The number of rotatable bonds is 6. The van der Waals surface area contributed by atoms with E-state index in [-0.39, 0.29) is 24.7 Å². The van der Waals surface area contributed by atoms with E-state index in [1.807, 2.05) is 30.3 Å². The normalized spacial score (nSPS) is 15.5. The van der Waals surface area contributed by atoms with Gasteiger partial charge in [-0.05, 0) is 29.7 Å². The predicted octanol–water partition coefficient (Wildman–Crippen LogP) is 3.12. The summed E-state index contributed by atoms with van der Waals surface area (Å²) in [7, 11) is -4.00. The Labute approximate surface area is 162 Å². The Balaban J connectivity index is 1.55. The number of aryl methyl sites for hydroxylation is 1. The first-order chi connectivity index (χ1) is 12.9. The van der Waals surface area contributed by atoms with Gasteiger partial charge in [0.05, 0.1) is 5.69 Å². The van der Waals surface area contributed by atoms with E-state index in [0.717, 1.165) is 17.2 Å². The van der Waals surface area contributed by atoms with E-state index in [1.54, 1.807) is 12.1 Å². The van der Waals surface area contributed by atoms with Gasteiger partial charge in [-0.15, -0.1) is 0 Å². The van der Waals surface area contributed by atoms with Crippen LogP contribution in [0.4, 0.5) is 5.69 Å². The lowest BCUT2D eigenvalue weighted by atomic mass is 10.1. The van der Waals surface area contributed by atoms with Crippen molar-refractivity contribution in [1.29, 1.82) is 0 Å². The summed E-state index contributed by atoms with van der Waals surface area (Å²) in [5, 5.41) is 0. The van der Waals surface area contributed by atoms with Gasteiger partial charge in [-0.1, -0.05) is 54.1 Å². The number of amides is 1. The molecular formula is C19H16ClNO5S. The van der Waals surface area contributed by atoms with E-state index < -0.39 is 20.3 Å². The highest BCUT2D eigenvalue weighted by molar-refractivity contribution is 7.99. The number of carbonyl (C=O) groups excluding carboxylic acids is 2. The summed E-state index contributed by atoms with van der Waals surface area (Å²) >= 11 is 5.59. The van der Waals surface area contributed by atoms with Gasteiger partial charge < -0.3 is 4.74 Å². The molecule has 0 bridgehead atoms. The number of sulfonamides is 1. The van der Waals surface area contributed by atoms with Crippen molar-refractivity contribution in [3.63, 3.8) is 0 Å². The Kier molecular flexibility index (Phi) is 5.62. The van der Waals surface area contributed by atoms with Gasteiger partial charge in [0.2, 0.25) is 0 Å². The van der Waals surface area contributed by atoms with Crippen molar-refractivity contribution in [1.82, 2.24) is 0 Å². The Morgan fingerprint density at radius 1 is 1.00 bits per heavy atom. The molecular weight excluding hydrogens is 390 g/mol. The molecule has 0 aromatic heterocycles. The minimum atomic E-state index is -4.00. The molecule has 1 heterocycles. The van der Waals surface area contributed by atoms with Crippen LogP contribution in [0.15, 0.2) is 65.0 Å². The molecule has 2 aromatic rings. The molecule has 0 saturated heterocycles. The molecule has 1 amide bonds. The van der Waals surface area contributed by atoms with Crippen LogP contribution in [-0.2, 0) is 37.4 Å². The third-order valence-electron chi connectivity index (χ3n) is 3.96. The Morgan fingerprint density at radius 3 is 2.26 bits per heavy atom. The van der Waals surface area contributed by atoms with Crippen LogP contribution in [-0.4, -0.2) is 20.3 Å². The lowest BCUT2D eigenvalue weighted by Crippen LogP contribution is -2.30. The second kappa shape index (κ2) is 7.94. The van der Waals surface area contributed by atoms with Crippen molar-refractivity contribution in [2.24, 2.45) is 0 Å². The zero-order valence-corrected chi connectivity index (χ0v) is 15.7. The minimum absolute atomic E-state index is 0.195. The quantitative estimate of drug-likeness (QED) is 0.690. The summed E-state index contributed by atoms with van der Waals surface area (Å²) in [6.45, 7) is 0.224. The summed E-state index contributed by atoms with van der Waals surface area (Å²) in [5.74, 6) is -1.03. The van der Waals surface area contributed by atoms with E-state index in [4.69, 9.17) is 16.3 Å². The van der Waals surface area contributed by atoms with Gasteiger partial charge in [-0.25, -0.2) is 0 Å². The summed E-state index contributed by atoms with van der Waals surface area (Å²) in [5.41, 5.74) is 1.93. The van der Waals surface area contributed by atoms with Gasteiger partial charge in [-0.3, -0.25) is 9.59 Å². The van der Waals surface area contributed by atoms with Crippen molar-refractivity contribution in [2.45, 2.75) is 19.4 Å². The van der Waals surface area contributed by atoms with E-state index in [0.29, 0.717) is 10.7 Å². The second-order valence-electron chi connectivity index (χ2n) is 5.87. The molecule has 0 fully saturated rings. The molecule has 2 aromatic carbocycles. The first kappa shape index (κ1) is 19.1. The lowest BCUT2D eigenvalue weighted by molar-refractivity contribution is -0.144. The molecule has 1 aliphatic heterocycles. The van der Waals surface area contributed by atoms with Gasteiger partial charge in [-0.2, -0.15) is 12.7 Å². The molecule has 0 atom stereocenters. The van der Waals surface area contributed by atoms with Crippen molar-refractivity contribution in [2.75, 3.05) is 4.31 Å². The van der Waals surface area contributed by atoms with Crippen molar-refractivity contribution < 1.29 is 22.7 Å². The molecule has 0 aliphatic carbocycles. The zero-order chi connectivity index (χ0) is 19.4. The zero-order valence-electron chi connectivity index (χ0n) is 14.2. The first-order valence-electron chi connectivity index (χ1n) is 8.13. The standard InChI is InChI=1S/C19H16ClNO5S/c20-17-12-18(22)21(27(17,24)25)16-9-6-14(7-10-16)8-11-19(23)26-13-15-4-2-1-3-5-15/h1-7,9-10,12H,8,11,13H2. The molecule has 0 spiro atoms. The van der Waals surface area contributed by atoms with Gasteiger partial charge in [0.25, 0.3) is 15.9 Å². The predicted molar refractivity (Wildman–Crippen MR) is 101 cm³/mol. The number of hydrogen-bond acceptors (Lipinski definition) is 5. The van der Waals surface area contributed by atoms with E-state index in [2.05, 4.69) is 0 Å². The van der Waals surface area contributed by atoms with E-state index in [9.17, 15) is 18.0 Å². The number of esters is 1. The summed E-state index contributed by atoms with van der Waals surface area (Å²) in [6, 6.07) is 15.7. The third kappa shape index (κ3) is 4.37. The van der Waals surface area contributed by atoms with Gasteiger partial charge >= 0.3 is 5.97 Å². The average Bonchev–Trinajstić information content (AvgIpc) is 2.86. The summed E-state index contributed by atoms with van der Waals surface area (Å²) in [6.07, 6.45) is 1.50.